The van der Waals surface area contributed by atoms with Gasteiger partial charge in [0.15, 0.2) is 0 Å². The van der Waals surface area contributed by atoms with Gasteiger partial charge in [-0.2, -0.15) is 0 Å². The van der Waals surface area contributed by atoms with Crippen LogP contribution in [-0.4, -0.2) is 49.3 Å². The first kappa shape index (κ1) is 14.7. The Labute approximate surface area is 119 Å². The van der Waals surface area contributed by atoms with Crippen LogP contribution in [0.1, 0.15) is 18.4 Å². The normalized spacial score (nSPS) is 18.1. The van der Waals surface area contributed by atoms with E-state index in [0.29, 0.717) is 11.5 Å². The molecule has 1 heterocycles. The number of benzene rings is 1. The summed E-state index contributed by atoms with van der Waals surface area (Å²) in [4.78, 5) is 14.1. The molecule has 0 bridgehead atoms. The molecule has 0 aliphatic carbocycles. The van der Waals surface area contributed by atoms with Gasteiger partial charge in [0.25, 0.3) is 0 Å². The topological polar surface area (TPSA) is 59.0 Å². The van der Waals surface area contributed by atoms with Crippen LogP contribution in [0, 0.1) is 0 Å². The molecule has 0 aromatic heterocycles. The van der Waals surface area contributed by atoms with Gasteiger partial charge in [-0.25, -0.2) is 0 Å². The van der Waals surface area contributed by atoms with Gasteiger partial charge in [-0.05, 0) is 18.9 Å². The molecule has 1 amide bonds. The van der Waals surface area contributed by atoms with Crippen molar-refractivity contribution in [1.29, 1.82) is 0 Å². The van der Waals surface area contributed by atoms with Gasteiger partial charge in [-0.1, -0.05) is 6.07 Å². The predicted octanol–water partition coefficient (Wildman–Crippen LogP) is 1.23. The molecule has 5 nitrogen and oxygen atoms in total. The molecule has 2 rings (SSSR count). The lowest BCUT2D eigenvalue weighted by Gasteiger charge is -2.23. The predicted molar refractivity (Wildman–Crippen MR) is 75.1 cm³/mol. The number of ether oxygens (including phenoxy) is 2. The second-order valence-electron chi connectivity index (χ2n) is 4.92. The first-order chi connectivity index (χ1) is 9.69. The summed E-state index contributed by atoms with van der Waals surface area (Å²) in [6, 6.07) is 5.40. The Bertz CT molecular complexity index is 475. The summed E-state index contributed by atoms with van der Waals surface area (Å²) >= 11 is 0. The van der Waals surface area contributed by atoms with Crippen LogP contribution in [0.4, 0.5) is 0 Å². The Hall–Kier alpha value is -1.75. The summed E-state index contributed by atoms with van der Waals surface area (Å²) in [7, 11) is 3.17. The fourth-order valence-electron chi connectivity index (χ4n) is 2.62. The summed E-state index contributed by atoms with van der Waals surface area (Å²) < 4.78 is 10.4. The Morgan fingerprint density at radius 2 is 2.20 bits per heavy atom. The molecule has 1 fully saturated rings. The van der Waals surface area contributed by atoms with Crippen molar-refractivity contribution in [1.82, 2.24) is 4.90 Å². The summed E-state index contributed by atoms with van der Waals surface area (Å²) in [5.74, 6) is 1.38. The van der Waals surface area contributed by atoms with Crippen LogP contribution in [0.25, 0.3) is 0 Å². The Morgan fingerprint density at radius 1 is 1.40 bits per heavy atom. The number of carbonyl (C=O) groups excluding carboxylic acids is 1. The average Bonchev–Trinajstić information content (AvgIpc) is 2.96. The lowest BCUT2D eigenvalue weighted by molar-refractivity contribution is -0.132. The average molecular weight is 279 g/mol. The molecule has 0 saturated carbocycles. The quantitative estimate of drug-likeness (QED) is 0.880. The number of hydrogen-bond acceptors (Lipinski definition) is 4. The highest BCUT2D eigenvalue weighted by molar-refractivity contribution is 5.80. The van der Waals surface area contributed by atoms with Crippen molar-refractivity contribution >= 4 is 5.91 Å². The standard InChI is InChI=1S/C15H21NO4/c1-19-13-6-5-11(14(9-13)20-2)8-15(18)16-7-3-4-12(16)10-17/h5-6,9,12,17H,3-4,7-8,10H2,1-2H3/t12-/m1/s1. The minimum absolute atomic E-state index is 0.0324. The fourth-order valence-corrected chi connectivity index (χ4v) is 2.62. The smallest absolute Gasteiger partial charge is 0.227 e. The maximum Gasteiger partial charge on any atom is 0.227 e. The molecule has 1 N–H and O–H groups in total. The number of hydrogen-bond donors (Lipinski definition) is 1. The van der Waals surface area contributed by atoms with E-state index in [1.54, 1.807) is 25.2 Å². The second-order valence-corrected chi connectivity index (χ2v) is 4.92. The molecule has 1 aliphatic heterocycles. The zero-order valence-corrected chi connectivity index (χ0v) is 12.0. The van der Waals surface area contributed by atoms with E-state index in [2.05, 4.69) is 0 Å². The molecule has 1 aromatic carbocycles. The number of nitrogens with zero attached hydrogens (tertiary/aromatic N) is 1. The highest BCUT2D eigenvalue weighted by Crippen LogP contribution is 2.26. The first-order valence-corrected chi connectivity index (χ1v) is 6.80. The number of rotatable bonds is 5. The molecule has 5 heteroatoms. The highest BCUT2D eigenvalue weighted by Gasteiger charge is 2.28. The van der Waals surface area contributed by atoms with Gasteiger partial charge in [-0.15, -0.1) is 0 Å². The van der Waals surface area contributed by atoms with Crippen molar-refractivity contribution in [3.63, 3.8) is 0 Å². The molecule has 1 aromatic rings. The SMILES string of the molecule is COc1ccc(CC(=O)N2CCC[C@@H]2CO)c(OC)c1. The van der Waals surface area contributed by atoms with E-state index in [4.69, 9.17) is 9.47 Å². The molecule has 110 valence electrons. The first-order valence-electron chi connectivity index (χ1n) is 6.80. The summed E-state index contributed by atoms with van der Waals surface area (Å²) in [6.07, 6.45) is 2.11. The molecule has 1 saturated heterocycles. The molecule has 0 spiro atoms. The van der Waals surface area contributed by atoms with Gasteiger partial charge >= 0.3 is 0 Å². The number of carbonyl (C=O) groups is 1. The Balaban J connectivity index is 2.11. The highest BCUT2D eigenvalue weighted by atomic mass is 16.5. The van der Waals surface area contributed by atoms with Gasteiger partial charge in [0.1, 0.15) is 11.5 Å². The monoisotopic (exact) mass is 279 g/mol. The van der Waals surface area contributed by atoms with Gasteiger partial charge in [0.05, 0.1) is 33.3 Å². The van der Waals surface area contributed by atoms with E-state index in [1.807, 2.05) is 12.1 Å². The molecule has 0 radical (unpaired) electrons. The van der Waals surface area contributed by atoms with E-state index in [1.165, 1.54) is 0 Å². The number of aliphatic hydroxyl groups is 1. The molecular formula is C15H21NO4. The third-order valence-electron chi connectivity index (χ3n) is 3.74. The molecule has 1 atom stereocenters. The minimum atomic E-state index is -0.0354. The lowest BCUT2D eigenvalue weighted by Crippen LogP contribution is -2.38. The Morgan fingerprint density at radius 3 is 2.85 bits per heavy atom. The van der Waals surface area contributed by atoms with E-state index in [-0.39, 0.29) is 25.0 Å². The second kappa shape index (κ2) is 6.61. The Kier molecular flexibility index (Phi) is 4.84. The van der Waals surface area contributed by atoms with Crippen LogP contribution in [0.3, 0.4) is 0 Å². The largest absolute Gasteiger partial charge is 0.497 e. The van der Waals surface area contributed by atoms with Crippen molar-refractivity contribution in [3.8, 4) is 11.5 Å². The van der Waals surface area contributed by atoms with Gasteiger partial charge in [0.2, 0.25) is 5.91 Å². The van der Waals surface area contributed by atoms with Crippen molar-refractivity contribution in [2.24, 2.45) is 0 Å². The van der Waals surface area contributed by atoms with E-state index in [0.717, 1.165) is 24.9 Å². The van der Waals surface area contributed by atoms with Crippen molar-refractivity contribution in [3.05, 3.63) is 23.8 Å². The maximum atomic E-state index is 12.3. The molecule has 20 heavy (non-hydrogen) atoms. The van der Waals surface area contributed by atoms with Crippen LogP contribution in [0.2, 0.25) is 0 Å². The van der Waals surface area contributed by atoms with Gasteiger partial charge in [0, 0.05) is 18.2 Å². The van der Waals surface area contributed by atoms with Crippen LogP contribution in [0.15, 0.2) is 18.2 Å². The fraction of sp³-hybridized carbons (Fsp3) is 0.533. The zero-order chi connectivity index (χ0) is 14.5. The maximum absolute atomic E-state index is 12.3. The lowest BCUT2D eigenvalue weighted by atomic mass is 10.1. The molecule has 1 aliphatic rings. The zero-order valence-electron chi connectivity index (χ0n) is 12.0. The molecule has 0 unspecified atom stereocenters. The summed E-state index contributed by atoms with van der Waals surface area (Å²) in [6.45, 7) is 0.758. The van der Waals surface area contributed by atoms with Gasteiger partial charge < -0.3 is 19.5 Å². The third-order valence-corrected chi connectivity index (χ3v) is 3.74. The summed E-state index contributed by atoms with van der Waals surface area (Å²) in [5, 5.41) is 9.29. The van der Waals surface area contributed by atoms with Crippen LogP contribution >= 0.6 is 0 Å². The van der Waals surface area contributed by atoms with Crippen molar-refractivity contribution in [2.45, 2.75) is 25.3 Å². The molecular weight excluding hydrogens is 258 g/mol. The van der Waals surface area contributed by atoms with Crippen LogP contribution < -0.4 is 9.47 Å². The third kappa shape index (κ3) is 3.04. The van der Waals surface area contributed by atoms with Crippen molar-refractivity contribution in [2.75, 3.05) is 27.4 Å². The van der Waals surface area contributed by atoms with Crippen molar-refractivity contribution < 1.29 is 19.4 Å². The minimum Gasteiger partial charge on any atom is -0.497 e. The number of aliphatic hydroxyl groups excluding tert-OH is 1. The summed E-state index contributed by atoms with van der Waals surface area (Å²) in [5.41, 5.74) is 0.835. The van der Waals surface area contributed by atoms with E-state index >= 15 is 0 Å². The van der Waals surface area contributed by atoms with E-state index < -0.39 is 0 Å². The number of methoxy groups -OCH3 is 2. The number of amides is 1. The van der Waals surface area contributed by atoms with Gasteiger partial charge in [-0.3, -0.25) is 4.79 Å². The number of likely N-dealkylation sites (tertiary alicyclic amines) is 1. The van der Waals surface area contributed by atoms with E-state index in [9.17, 15) is 9.90 Å². The van der Waals surface area contributed by atoms with Crippen LogP contribution in [-0.2, 0) is 11.2 Å². The van der Waals surface area contributed by atoms with Crippen LogP contribution in [0.5, 0.6) is 11.5 Å².